The zero-order chi connectivity index (χ0) is 9.07. The lowest BCUT2D eigenvalue weighted by molar-refractivity contribution is -0.155. The first kappa shape index (κ1) is 10.3. The molecule has 0 aromatic rings. The van der Waals surface area contributed by atoms with Crippen molar-refractivity contribution < 1.29 is 23.4 Å². The van der Waals surface area contributed by atoms with Gasteiger partial charge in [0.1, 0.15) is 0 Å². The number of halogens is 2. The molecular weight excluding hydrogens is 158 g/mol. The molecule has 0 aliphatic carbocycles. The van der Waals surface area contributed by atoms with Crippen molar-refractivity contribution in [3.63, 3.8) is 0 Å². The number of hydrogen-bond donors (Lipinski definition) is 1. The fraction of sp³-hybridized carbons (Fsp3) is 0.833. The van der Waals surface area contributed by atoms with Crippen molar-refractivity contribution in [3.05, 3.63) is 0 Å². The number of alkyl halides is 2. The molecule has 0 saturated carbocycles. The molecule has 66 valence electrons. The Morgan fingerprint density at radius 3 is 2.45 bits per heavy atom. The third kappa shape index (κ3) is 4.66. The summed E-state index contributed by atoms with van der Waals surface area (Å²) in [7, 11) is 1.03. The van der Waals surface area contributed by atoms with Crippen molar-refractivity contribution in [2.45, 2.75) is 25.4 Å². The molecule has 0 aromatic carbocycles. The number of rotatable bonds is 3. The molecule has 3 nitrogen and oxygen atoms in total. The number of carbonyl (C=O) groups excluding carboxylic acids is 1. The maximum Gasteiger partial charge on any atom is 0.334 e. The molecule has 0 fully saturated rings. The highest BCUT2D eigenvalue weighted by Crippen LogP contribution is 2.19. The van der Waals surface area contributed by atoms with E-state index in [0.717, 1.165) is 7.11 Å². The van der Waals surface area contributed by atoms with Gasteiger partial charge in [0.25, 0.3) is 0 Å². The highest BCUT2D eigenvalue weighted by atomic mass is 19.3. The molecule has 0 aliphatic rings. The van der Waals surface area contributed by atoms with Crippen LogP contribution in [-0.2, 0) is 9.53 Å². The minimum Gasteiger partial charge on any atom is -0.467 e. The molecule has 0 bridgehead atoms. The molecule has 1 unspecified atom stereocenters. The van der Waals surface area contributed by atoms with Crippen molar-refractivity contribution in [2.75, 3.05) is 7.11 Å². The van der Waals surface area contributed by atoms with Crippen LogP contribution in [0.5, 0.6) is 0 Å². The van der Waals surface area contributed by atoms with Crippen molar-refractivity contribution in [3.8, 4) is 0 Å². The van der Waals surface area contributed by atoms with E-state index in [0.29, 0.717) is 6.92 Å². The van der Waals surface area contributed by atoms with E-state index in [-0.39, 0.29) is 0 Å². The Bertz CT molecular complexity index is 141. The molecule has 1 N–H and O–H groups in total. The number of hydrogen-bond acceptors (Lipinski definition) is 3. The number of aliphatic hydroxyl groups excluding tert-OH is 1. The first-order valence-electron chi connectivity index (χ1n) is 3.00. The summed E-state index contributed by atoms with van der Waals surface area (Å²) in [6.07, 6.45) is -2.64. The van der Waals surface area contributed by atoms with Gasteiger partial charge < -0.3 is 9.84 Å². The number of methoxy groups -OCH3 is 1. The Kier molecular flexibility index (Phi) is 3.38. The van der Waals surface area contributed by atoms with Gasteiger partial charge in [0.2, 0.25) is 5.92 Å². The minimum absolute atomic E-state index is 0.624. The topological polar surface area (TPSA) is 46.5 Å². The van der Waals surface area contributed by atoms with E-state index >= 15 is 0 Å². The maximum atomic E-state index is 12.1. The van der Waals surface area contributed by atoms with Gasteiger partial charge >= 0.3 is 5.97 Å². The molecule has 0 aliphatic heterocycles. The Morgan fingerprint density at radius 2 is 2.18 bits per heavy atom. The summed E-state index contributed by atoms with van der Waals surface area (Å²) in [6, 6.07) is 0. The van der Waals surface area contributed by atoms with E-state index < -0.39 is 24.4 Å². The molecule has 0 spiro atoms. The van der Waals surface area contributed by atoms with Crippen molar-refractivity contribution in [1.29, 1.82) is 0 Å². The summed E-state index contributed by atoms with van der Waals surface area (Å²) in [4.78, 5) is 10.4. The lowest BCUT2D eigenvalue weighted by Crippen LogP contribution is -2.28. The molecule has 11 heavy (non-hydrogen) atoms. The third-order valence-corrected chi connectivity index (χ3v) is 1.03. The Balaban J connectivity index is 3.87. The summed E-state index contributed by atoms with van der Waals surface area (Å²) >= 11 is 0. The highest BCUT2D eigenvalue weighted by molar-refractivity contribution is 5.74. The van der Waals surface area contributed by atoms with Crippen LogP contribution in [0.1, 0.15) is 13.3 Å². The van der Waals surface area contributed by atoms with E-state index in [1.54, 1.807) is 0 Å². The second kappa shape index (κ2) is 3.61. The van der Waals surface area contributed by atoms with Crippen LogP contribution in [0.2, 0.25) is 0 Å². The summed E-state index contributed by atoms with van der Waals surface area (Å²) in [6.45, 7) is 0.624. The van der Waals surface area contributed by atoms with Crippen LogP contribution < -0.4 is 0 Å². The first-order chi connectivity index (χ1) is 4.87. The van der Waals surface area contributed by atoms with Gasteiger partial charge in [0.15, 0.2) is 6.10 Å². The Morgan fingerprint density at radius 1 is 1.73 bits per heavy atom. The normalized spacial score (nSPS) is 14.3. The quantitative estimate of drug-likeness (QED) is 0.626. The monoisotopic (exact) mass is 168 g/mol. The molecule has 0 saturated heterocycles. The first-order valence-corrected chi connectivity index (χ1v) is 3.00. The fourth-order valence-corrected chi connectivity index (χ4v) is 0.559. The number of esters is 1. The molecule has 0 rings (SSSR count). The molecule has 0 amide bonds. The van der Waals surface area contributed by atoms with Gasteiger partial charge in [-0.05, 0) is 6.92 Å². The highest BCUT2D eigenvalue weighted by Gasteiger charge is 2.29. The van der Waals surface area contributed by atoms with Gasteiger partial charge in [0, 0.05) is 6.42 Å². The molecule has 0 heterocycles. The maximum absolute atomic E-state index is 12.1. The summed E-state index contributed by atoms with van der Waals surface area (Å²) in [5.41, 5.74) is 0. The van der Waals surface area contributed by atoms with Crippen LogP contribution >= 0.6 is 0 Å². The number of carbonyl (C=O) groups is 1. The average Bonchev–Trinajstić information content (AvgIpc) is 1.82. The van der Waals surface area contributed by atoms with Crippen molar-refractivity contribution in [1.82, 2.24) is 0 Å². The van der Waals surface area contributed by atoms with E-state index in [2.05, 4.69) is 4.74 Å². The molecule has 5 heteroatoms. The predicted molar refractivity (Wildman–Crippen MR) is 33.3 cm³/mol. The molecule has 0 aromatic heterocycles. The van der Waals surface area contributed by atoms with Gasteiger partial charge in [-0.15, -0.1) is 0 Å². The predicted octanol–water partition coefficient (Wildman–Crippen LogP) is 0.566. The Labute approximate surface area is 63.0 Å². The van der Waals surface area contributed by atoms with Gasteiger partial charge in [-0.1, -0.05) is 0 Å². The fourth-order valence-electron chi connectivity index (χ4n) is 0.559. The van der Waals surface area contributed by atoms with Crippen LogP contribution in [0.15, 0.2) is 0 Å². The van der Waals surface area contributed by atoms with E-state index in [1.807, 2.05) is 0 Å². The smallest absolute Gasteiger partial charge is 0.334 e. The number of ether oxygens (including phenoxy) is 1. The average molecular weight is 168 g/mol. The zero-order valence-corrected chi connectivity index (χ0v) is 6.30. The van der Waals surface area contributed by atoms with E-state index in [9.17, 15) is 13.6 Å². The van der Waals surface area contributed by atoms with Gasteiger partial charge in [-0.25, -0.2) is 13.6 Å². The SMILES string of the molecule is COC(=O)C(O)CC(C)(F)F. The lowest BCUT2D eigenvalue weighted by Gasteiger charge is -2.13. The molecule has 0 radical (unpaired) electrons. The minimum atomic E-state index is -3.05. The van der Waals surface area contributed by atoms with Crippen LogP contribution in [0.3, 0.4) is 0 Å². The van der Waals surface area contributed by atoms with Gasteiger partial charge in [-0.2, -0.15) is 0 Å². The second-order valence-electron chi connectivity index (χ2n) is 2.31. The molecule has 1 atom stereocenters. The van der Waals surface area contributed by atoms with Crippen molar-refractivity contribution >= 4 is 5.97 Å². The standard InChI is InChI=1S/C6H10F2O3/c1-6(7,8)3-4(9)5(10)11-2/h4,9H,3H2,1-2H3. The second-order valence-corrected chi connectivity index (χ2v) is 2.31. The lowest BCUT2D eigenvalue weighted by atomic mass is 10.2. The van der Waals surface area contributed by atoms with Crippen LogP contribution in [-0.4, -0.2) is 30.2 Å². The largest absolute Gasteiger partial charge is 0.467 e. The third-order valence-electron chi connectivity index (χ3n) is 1.03. The number of aliphatic hydroxyl groups is 1. The van der Waals surface area contributed by atoms with Crippen LogP contribution in [0.4, 0.5) is 8.78 Å². The molecular formula is C6H10F2O3. The van der Waals surface area contributed by atoms with Crippen molar-refractivity contribution in [2.24, 2.45) is 0 Å². The van der Waals surface area contributed by atoms with E-state index in [1.165, 1.54) is 0 Å². The zero-order valence-electron chi connectivity index (χ0n) is 6.30. The van der Waals surface area contributed by atoms with Gasteiger partial charge in [-0.3, -0.25) is 0 Å². The van der Waals surface area contributed by atoms with E-state index in [4.69, 9.17) is 5.11 Å². The summed E-state index contributed by atoms with van der Waals surface area (Å²) in [5, 5.41) is 8.70. The van der Waals surface area contributed by atoms with Gasteiger partial charge in [0.05, 0.1) is 7.11 Å². The summed E-state index contributed by atoms with van der Waals surface area (Å²) in [5.74, 6) is -4.08. The van der Waals surface area contributed by atoms with Crippen LogP contribution in [0.25, 0.3) is 0 Å². The summed E-state index contributed by atoms with van der Waals surface area (Å²) < 4.78 is 28.2. The Hall–Kier alpha value is -0.710. The van der Waals surface area contributed by atoms with Crippen LogP contribution in [0, 0.1) is 0 Å².